The zero-order valence-electron chi connectivity index (χ0n) is 10.6. The molecule has 16 heavy (non-hydrogen) atoms. The van der Waals surface area contributed by atoms with Gasteiger partial charge in [-0.15, -0.1) is 0 Å². The van der Waals surface area contributed by atoms with Gasteiger partial charge in [0.15, 0.2) is 0 Å². The molecule has 2 nitrogen and oxygen atoms in total. The normalized spacial score (nSPS) is 18.9. The zero-order valence-corrected chi connectivity index (χ0v) is 10.6. The summed E-state index contributed by atoms with van der Waals surface area (Å²) < 4.78 is 0. The molecule has 0 spiro atoms. The van der Waals surface area contributed by atoms with Gasteiger partial charge in [-0.05, 0) is 57.0 Å². The molecule has 88 valence electrons. The van der Waals surface area contributed by atoms with E-state index >= 15 is 0 Å². The van der Waals surface area contributed by atoms with Crippen molar-refractivity contribution in [1.29, 1.82) is 0 Å². The molecule has 1 heterocycles. The molecule has 0 aliphatic carbocycles. The van der Waals surface area contributed by atoms with Crippen LogP contribution in [0.3, 0.4) is 0 Å². The Balaban J connectivity index is 2.08. The molecule has 2 rings (SSSR count). The van der Waals surface area contributed by atoms with Crippen LogP contribution in [-0.2, 0) is 12.8 Å². The molecule has 1 atom stereocenters. The Morgan fingerprint density at radius 3 is 3.00 bits per heavy atom. The number of hydrogen-bond acceptors (Lipinski definition) is 2. The van der Waals surface area contributed by atoms with Crippen molar-refractivity contribution in [3.05, 3.63) is 29.3 Å². The first-order chi connectivity index (χ1) is 7.72. The first-order valence-electron chi connectivity index (χ1n) is 6.21. The fourth-order valence-electron chi connectivity index (χ4n) is 2.43. The minimum atomic E-state index is 0.655. The molecule has 1 N–H and O–H groups in total. The van der Waals surface area contributed by atoms with Gasteiger partial charge < -0.3 is 10.2 Å². The van der Waals surface area contributed by atoms with Gasteiger partial charge in [-0.3, -0.25) is 0 Å². The van der Waals surface area contributed by atoms with Crippen LogP contribution in [0.1, 0.15) is 24.5 Å². The molecule has 1 aliphatic rings. The molecule has 1 unspecified atom stereocenters. The molecule has 0 saturated carbocycles. The molecule has 1 aromatic rings. The summed E-state index contributed by atoms with van der Waals surface area (Å²) in [4.78, 5) is 2.40. The molecule has 0 amide bonds. The van der Waals surface area contributed by atoms with E-state index in [1.54, 1.807) is 0 Å². The van der Waals surface area contributed by atoms with Crippen LogP contribution in [0.2, 0.25) is 0 Å². The SMILES string of the molecule is CNCCCc1ccc2c(c1)N(C)C(C)C2. The Morgan fingerprint density at radius 1 is 1.44 bits per heavy atom. The highest BCUT2D eigenvalue weighted by molar-refractivity contribution is 5.60. The number of nitrogens with zero attached hydrogens (tertiary/aromatic N) is 1. The predicted molar refractivity (Wildman–Crippen MR) is 70.3 cm³/mol. The van der Waals surface area contributed by atoms with Crippen molar-refractivity contribution in [1.82, 2.24) is 5.32 Å². The number of rotatable bonds is 4. The van der Waals surface area contributed by atoms with Crippen LogP contribution in [0, 0.1) is 0 Å². The van der Waals surface area contributed by atoms with E-state index in [0.717, 1.165) is 6.54 Å². The zero-order chi connectivity index (χ0) is 11.5. The van der Waals surface area contributed by atoms with Gasteiger partial charge in [0.25, 0.3) is 0 Å². The van der Waals surface area contributed by atoms with Crippen LogP contribution in [0.15, 0.2) is 18.2 Å². The highest BCUT2D eigenvalue weighted by Crippen LogP contribution is 2.31. The predicted octanol–water partition coefficient (Wildman–Crippen LogP) is 2.22. The van der Waals surface area contributed by atoms with Gasteiger partial charge in [-0.2, -0.15) is 0 Å². The molecule has 0 radical (unpaired) electrons. The molecule has 1 aromatic carbocycles. The van der Waals surface area contributed by atoms with Gasteiger partial charge in [0.05, 0.1) is 0 Å². The first kappa shape index (κ1) is 11.5. The van der Waals surface area contributed by atoms with E-state index in [4.69, 9.17) is 0 Å². The lowest BCUT2D eigenvalue weighted by Crippen LogP contribution is -2.23. The summed E-state index contributed by atoms with van der Waals surface area (Å²) in [6, 6.07) is 7.63. The van der Waals surface area contributed by atoms with Gasteiger partial charge in [-0.1, -0.05) is 12.1 Å². The number of nitrogens with one attached hydrogen (secondary N) is 1. The van der Waals surface area contributed by atoms with E-state index in [9.17, 15) is 0 Å². The lowest BCUT2D eigenvalue weighted by atomic mass is 10.0. The van der Waals surface area contributed by atoms with E-state index in [-0.39, 0.29) is 0 Å². The third kappa shape index (κ3) is 2.22. The third-order valence-electron chi connectivity index (χ3n) is 3.60. The molecule has 0 aromatic heterocycles. The Morgan fingerprint density at radius 2 is 2.25 bits per heavy atom. The summed E-state index contributed by atoms with van der Waals surface area (Å²) in [6.45, 7) is 3.39. The monoisotopic (exact) mass is 218 g/mol. The van der Waals surface area contributed by atoms with Gasteiger partial charge in [0, 0.05) is 18.8 Å². The fourth-order valence-corrected chi connectivity index (χ4v) is 2.43. The second kappa shape index (κ2) is 4.88. The summed E-state index contributed by atoms with van der Waals surface area (Å²) in [5.41, 5.74) is 4.41. The second-order valence-corrected chi connectivity index (χ2v) is 4.83. The molecule has 0 bridgehead atoms. The van der Waals surface area contributed by atoms with Crippen LogP contribution < -0.4 is 10.2 Å². The van der Waals surface area contributed by atoms with E-state index in [2.05, 4.69) is 42.4 Å². The quantitative estimate of drug-likeness (QED) is 0.780. The highest BCUT2D eigenvalue weighted by Gasteiger charge is 2.22. The second-order valence-electron chi connectivity index (χ2n) is 4.83. The number of fused-ring (bicyclic) bond motifs is 1. The van der Waals surface area contributed by atoms with Crippen LogP contribution in [-0.4, -0.2) is 26.7 Å². The first-order valence-corrected chi connectivity index (χ1v) is 6.21. The van der Waals surface area contributed by atoms with E-state index < -0.39 is 0 Å². The third-order valence-corrected chi connectivity index (χ3v) is 3.60. The van der Waals surface area contributed by atoms with Gasteiger partial charge >= 0.3 is 0 Å². The summed E-state index contributed by atoms with van der Waals surface area (Å²) in [6.07, 6.45) is 3.59. The Kier molecular flexibility index (Phi) is 3.49. The van der Waals surface area contributed by atoms with Gasteiger partial charge in [0.1, 0.15) is 0 Å². The number of hydrogen-bond donors (Lipinski definition) is 1. The van der Waals surface area contributed by atoms with E-state index in [1.807, 2.05) is 7.05 Å². The van der Waals surface area contributed by atoms with Crippen molar-refractivity contribution in [3.8, 4) is 0 Å². The van der Waals surface area contributed by atoms with Crippen LogP contribution >= 0.6 is 0 Å². The van der Waals surface area contributed by atoms with Crippen molar-refractivity contribution >= 4 is 5.69 Å². The lowest BCUT2D eigenvalue weighted by Gasteiger charge is -2.18. The average Bonchev–Trinajstić information content (AvgIpc) is 2.56. The molecular formula is C14H22N2. The molecule has 1 aliphatic heterocycles. The van der Waals surface area contributed by atoms with Crippen molar-refractivity contribution in [2.24, 2.45) is 0 Å². The summed E-state index contributed by atoms with van der Waals surface area (Å²) in [5, 5.41) is 3.20. The highest BCUT2D eigenvalue weighted by atomic mass is 15.1. The average molecular weight is 218 g/mol. The molecule has 2 heteroatoms. The largest absolute Gasteiger partial charge is 0.371 e. The Hall–Kier alpha value is -1.02. The van der Waals surface area contributed by atoms with Crippen molar-refractivity contribution in [2.45, 2.75) is 32.2 Å². The maximum atomic E-state index is 3.20. The number of anilines is 1. The lowest BCUT2D eigenvalue weighted by molar-refractivity contribution is 0.724. The number of aryl methyl sites for hydroxylation is 1. The smallest absolute Gasteiger partial charge is 0.0402 e. The van der Waals surface area contributed by atoms with Crippen LogP contribution in [0.25, 0.3) is 0 Å². The van der Waals surface area contributed by atoms with Crippen LogP contribution in [0.4, 0.5) is 5.69 Å². The minimum absolute atomic E-state index is 0.655. The molecular weight excluding hydrogens is 196 g/mol. The van der Waals surface area contributed by atoms with Gasteiger partial charge in [-0.25, -0.2) is 0 Å². The standard InChI is InChI=1S/C14H22N2/c1-11-9-13-7-6-12(5-4-8-15-2)10-14(13)16(11)3/h6-7,10-11,15H,4-5,8-9H2,1-3H3. The summed E-state index contributed by atoms with van der Waals surface area (Å²) in [7, 11) is 4.21. The minimum Gasteiger partial charge on any atom is -0.371 e. The van der Waals surface area contributed by atoms with Crippen molar-refractivity contribution in [3.63, 3.8) is 0 Å². The maximum absolute atomic E-state index is 3.20. The number of likely N-dealkylation sites (N-methyl/N-ethyl adjacent to an activating group) is 1. The molecule has 0 saturated heterocycles. The van der Waals surface area contributed by atoms with E-state index in [1.165, 1.54) is 36.1 Å². The molecule has 0 fully saturated rings. The van der Waals surface area contributed by atoms with Crippen molar-refractivity contribution < 1.29 is 0 Å². The fraction of sp³-hybridized carbons (Fsp3) is 0.571. The Bertz CT molecular complexity index is 360. The Labute approximate surface area is 98.7 Å². The summed E-state index contributed by atoms with van der Waals surface area (Å²) in [5.74, 6) is 0. The summed E-state index contributed by atoms with van der Waals surface area (Å²) >= 11 is 0. The number of benzene rings is 1. The van der Waals surface area contributed by atoms with Crippen molar-refractivity contribution in [2.75, 3.05) is 25.5 Å². The topological polar surface area (TPSA) is 15.3 Å². The van der Waals surface area contributed by atoms with E-state index in [0.29, 0.717) is 6.04 Å². The van der Waals surface area contributed by atoms with Gasteiger partial charge in [0.2, 0.25) is 0 Å². The van der Waals surface area contributed by atoms with Crippen LogP contribution in [0.5, 0.6) is 0 Å². The maximum Gasteiger partial charge on any atom is 0.0402 e.